The first kappa shape index (κ1) is 22.0. The van der Waals surface area contributed by atoms with Crippen molar-refractivity contribution >= 4 is 63.7 Å². The van der Waals surface area contributed by atoms with Crippen LogP contribution in [-0.4, -0.2) is 29.1 Å². The van der Waals surface area contributed by atoms with Crippen molar-refractivity contribution in [3.63, 3.8) is 0 Å². The zero-order valence-corrected chi connectivity index (χ0v) is 19.0. The van der Waals surface area contributed by atoms with Crippen LogP contribution in [0.5, 0.6) is 5.75 Å². The van der Waals surface area contributed by atoms with Gasteiger partial charge >= 0.3 is 0 Å². The molecule has 0 spiro atoms. The molecular formula is C21H19Cl3N2O2S. The molecule has 1 saturated heterocycles. The Morgan fingerprint density at radius 1 is 1.10 bits per heavy atom. The Morgan fingerprint density at radius 2 is 1.79 bits per heavy atom. The average Bonchev–Trinajstić information content (AvgIpc) is 2.97. The lowest BCUT2D eigenvalue weighted by atomic mass is 10.2. The van der Waals surface area contributed by atoms with Gasteiger partial charge in [0, 0.05) is 23.7 Å². The number of halogens is 3. The third-order valence-electron chi connectivity index (χ3n) is 4.15. The summed E-state index contributed by atoms with van der Waals surface area (Å²) in [6, 6.07) is 10.9. The summed E-state index contributed by atoms with van der Waals surface area (Å²) in [7, 11) is 0. The zero-order chi connectivity index (χ0) is 21.0. The minimum atomic E-state index is -0.0732. The average molecular weight is 470 g/mol. The fraction of sp³-hybridized carbons (Fsp3) is 0.238. The van der Waals surface area contributed by atoms with Crippen LogP contribution in [0.4, 0.5) is 0 Å². The van der Waals surface area contributed by atoms with Crippen molar-refractivity contribution in [3.8, 4) is 5.75 Å². The Kier molecular flexibility index (Phi) is 7.52. The van der Waals surface area contributed by atoms with Crippen molar-refractivity contribution in [1.29, 1.82) is 0 Å². The fourth-order valence-corrected chi connectivity index (χ4v) is 4.67. The number of carbonyl (C=O) groups excluding carboxylic acids is 1. The number of rotatable bonds is 6. The minimum absolute atomic E-state index is 0.0732. The van der Waals surface area contributed by atoms with Gasteiger partial charge in [-0.05, 0) is 55.4 Å². The summed E-state index contributed by atoms with van der Waals surface area (Å²) in [6.45, 7) is 5.29. The first-order valence-electron chi connectivity index (χ1n) is 9.05. The predicted molar refractivity (Wildman–Crippen MR) is 123 cm³/mol. The van der Waals surface area contributed by atoms with E-state index in [1.165, 1.54) is 11.8 Å². The van der Waals surface area contributed by atoms with Crippen LogP contribution < -0.4 is 4.74 Å². The van der Waals surface area contributed by atoms with E-state index in [2.05, 4.69) is 4.99 Å². The zero-order valence-electron chi connectivity index (χ0n) is 15.9. The predicted octanol–water partition coefficient (Wildman–Crippen LogP) is 6.54. The van der Waals surface area contributed by atoms with E-state index in [-0.39, 0.29) is 12.5 Å². The Labute approximate surface area is 189 Å². The van der Waals surface area contributed by atoms with E-state index >= 15 is 0 Å². The number of benzene rings is 2. The number of hydrogen-bond donors (Lipinski definition) is 0. The van der Waals surface area contributed by atoms with Crippen LogP contribution in [0.1, 0.15) is 25.0 Å². The van der Waals surface area contributed by atoms with Crippen molar-refractivity contribution < 1.29 is 9.53 Å². The van der Waals surface area contributed by atoms with Gasteiger partial charge in [-0.3, -0.25) is 14.7 Å². The lowest BCUT2D eigenvalue weighted by Gasteiger charge is -2.12. The summed E-state index contributed by atoms with van der Waals surface area (Å²) in [4.78, 5) is 19.2. The Hall–Kier alpha value is -1.66. The molecule has 0 bridgehead atoms. The van der Waals surface area contributed by atoms with E-state index in [1.807, 2.05) is 32.0 Å². The maximum Gasteiger partial charge on any atom is 0.266 e. The second kappa shape index (κ2) is 9.90. The van der Waals surface area contributed by atoms with Gasteiger partial charge in [-0.15, -0.1) is 0 Å². The van der Waals surface area contributed by atoms with Gasteiger partial charge in [0.25, 0.3) is 5.91 Å². The molecule has 3 rings (SSSR count). The monoisotopic (exact) mass is 468 g/mol. The van der Waals surface area contributed by atoms with Gasteiger partial charge in [0.15, 0.2) is 10.9 Å². The fourth-order valence-electron chi connectivity index (χ4n) is 2.76. The van der Waals surface area contributed by atoms with Crippen LogP contribution in [0.2, 0.25) is 15.1 Å². The van der Waals surface area contributed by atoms with Gasteiger partial charge in [0.05, 0.1) is 15.0 Å². The molecular weight excluding hydrogens is 451 g/mol. The van der Waals surface area contributed by atoms with E-state index in [9.17, 15) is 4.79 Å². The molecule has 2 aromatic rings. The quantitative estimate of drug-likeness (QED) is 0.451. The molecule has 1 aliphatic rings. The summed E-state index contributed by atoms with van der Waals surface area (Å²) in [6.07, 6.45) is 1.77. The highest BCUT2D eigenvalue weighted by Crippen LogP contribution is 2.38. The molecule has 0 aliphatic carbocycles. The SMILES string of the molecule is CCN=C1S/C(=C/c2cc(Cl)c(OCc3ccccc3Cl)c(Cl)c2)C(=O)N1CC. The number of thioether (sulfide) groups is 1. The molecule has 8 heteroatoms. The van der Waals surface area contributed by atoms with Gasteiger partial charge in [0.2, 0.25) is 0 Å². The maximum atomic E-state index is 12.6. The highest BCUT2D eigenvalue weighted by molar-refractivity contribution is 8.18. The van der Waals surface area contributed by atoms with Gasteiger partial charge < -0.3 is 4.74 Å². The standard InChI is InChI=1S/C21H19Cl3N2O2S/c1-3-25-21-26(4-2)20(27)18(29-21)11-13-9-16(23)19(17(24)10-13)28-12-14-7-5-6-8-15(14)22/h5-11H,3-4,12H2,1-2H3/b18-11+,25-21?. The van der Waals surface area contributed by atoms with Crippen LogP contribution in [0.3, 0.4) is 0 Å². The minimum Gasteiger partial charge on any atom is -0.486 e. The van der Waals surface area contributed by atoms with Crippen LogP contribution in [-0.2, 0) is 11.4 Å². The van der Waals surface area contributed by atoms with Gasteiger partial charge in [-0.25, -0.2) is 0 Å². The van der Waals surface area contributed by atoms with Crippen molar-refractivity contribution in [2.75, 3.05) is 13.1 Å². The Bertz CT molecular complexity index is 969. The number of nitrogens with zero attached hydrogens (tertiary/aromatic N) is 2. The molecule has 4 nitrogen and oxygen atoms in total. The Balaban J connectivity index is 1.82. The molecule has 0 radical (unpaired) electrons. The first-order valence-corrected chi connectivity index (χ1v) is 11.0. The molecule has 0 N–H and O–H groups in total. The van der Waals surface area contributed by atoms with Crippen molar-refractivity contribution in [2.24, 2.45) is 4.99 Å². The summed E-state index contributed by atoms with van der Waals surface area (Å²) >= 11 is 20.3. The van der Waals surface area contributed by atoms with E-state index in [0.717, 1.165) is 11.1 Å². The highest BCUT2D eigenvalue weighted by Gasteiger charge is 2.31. The lowest BCUT2D eigenvalue weighted by Crippen LogP contribution is -2.28. The number of amidine groups is 1. The third kappa shape index (κ3) is 5.10. The van der Waals surface area contributed by atoms with E-state index in [0.29, 0.717) is 44.0 Å². The molecule has 0 aromatic heterocycles. The van der Waals surface area contributed by atoms with Gasteiger partial charge in [0.1, 0.15) is 6.61 Å². The molecule has 1 heterocycles. The lowest BCUT2D eigenvalue weighted by molar-refractivity contribution is -0.122. The third-order valence-corrected chi connectivity index (χ3v) is 6.12. The van der Waals surface area contributed by atoms with Crippen LogP contribution in [0, 0.1) is 0 Å². The summed E-state index contributed by atoms with van der Waals surface area (Å²) < 4.78 is 5.80. The van der Waals surface area contributed by atoms with Crippen molar-refractivity contribution in [2.45, 2.75) is 20.5 Å². The van der Waals surface area contributed by atoms with Crippen molar-refractivity contribution in [1.82, 2.24) is 4.90 Å². The molecule has 0 atom stereocenters. The van der Waals surface area contributed by atoms with Crippen molar-refractivity contribution in [3.05, 3.63) is 67.5 Å². The molecule has 29 heavy (non-hydrogen) atoms. The van der Waals surface area contributed by atoms with E-state index in [4.69, 9.17) is 39.5 Å². The summed E-state index contributed by atoms with van der Waals surface area (Å²) in [5.74, 6) is 0.306. The first-order chi connectivity index (χ1) is 13.9. The molecule has 152 valence electrons. The smallest absolute Gasteiger partial charge is 0.266 e. The normalized spacial score (nSPS) is 16.9. The van der Waals surface area contributed by atoms with Gasteiger partial charge in [-0.2, -0.15) is 0 Å². The maximum absolute atomic E-state index is 12.6. The summed E-state index contributed by atoms with van der Waals surface area (Å²) in [5, 5.41) is 2.05. The van der Waals surface area contributed by atoms with Crippen LogP contribution in [0.25, 0.3) is 6.08 Å². The molecule has 0 saturated carbocycles. The Morgan fingerprint density at radius 3 is 2.41 bits per heavy atom. The molecule has 2 aromatic carbocycles. The second-order valence-electron chi connectivity index (χ2n) is 6.11. The van der Waals surface area contributed by atoms with E-state index < -0.39 is 0 Å². The largest absolute Gasteiger partial charge is 0.486 e. The number of carbonyl (C=O) groups is 1. The number of hydrogen-bond acceptors (Lipinski definition) is 4. The number of ether oxygens (including phenoxy) is 1. The molecule has 1 amide bonds. The topological polar surface area (TPSA) is 41.9 Å². The second-order valence-corrected chi connectivity index (χ2v) is 8.34. The van der Waals surface area contributed by atoms with Crippen LogP contribution in [0.15, 0.2) is 46.3 Å². The highest BCUT2D eigenvalue weighted by atomic mass is 35.5. The number of aliphatic imine (C=N–C) groups is 1. The summed E-state index contributed by atoms with van der Waals surface area (Å²) in [5.41, 5.74) is 1.55. The van der Waals surface area contributed by atoms with E-state index in [1.54, 1.807) is 29.2 Å². The molecule has 1 aliphatic heterocycles. The molecule has 0 unspecified atom stereocenters. The molecule has 1 fully saturated rings. The number of likely N-dealkylation sites (N-methyl/N-ethyl adjacent to an activating group) is 1. The number of amides is 1. The van der Waals surface area contributed by atoms with Gasteiger partial charge in [-0.1, -0.05) is 53.0 Å². The van der Waals surface area contributed by atoms with Crippen LogP contribution >= 0.6 is 46.6 Å².